The summed E-state index contributed by atoms with van der Waals surface area (Å²) in [6.07, 6.45) is 0. The van der Waals surface area contributed by atoms with Gasteiger partial charge in [-0.1, -0.05) is 30.3 Å². The minimum absolute atomic E-state index is 0.168. The maximum absolute atomic E-state index is 12.8. The second-order valence-electron chi connectivity index (χ2n) is 6.15. The SMILES string of the molecule is Cc1nc(COc2cccc(C(=O)Nc3ccccc3-c3cccs3)c2)cs1. The summed E-state index contributed by atoms with van der Waals surface area (Å²) in [7, 11) is 0. The van der Waals surface area contributed by atoms with Crippen LogP contribution in [0.15, 0.2) is 71.4 Å². The lowest BCUT2D eigenvalue weighted by Gasteiger charge is -2.11. The molecule has 0 saturated carbocycles. The van der Waals surface area contributed by atoms with E-state index in [9.17, 15) is 4.79 Å². The van der Waals surface area contributed by atoms with Crippen molar-refractivity contribution in [1.82, 2.24) is 4.98 Å². The molecule has 1 N–H and O–H groups in total. The van der Waals surface area contributed by atoms with Crippen LogP contribution < -0.4 is 10.1 Å². The smallest absolute Gasteiger partial charge is 0.255 e. The number of hydrogen-bond donors (Lipinski definition) is 1. The Balaban J connectivity index is 1.48. The van der Waals surface area contributed by atoms with Crippen molar-refractivity contribution in [2.75, 3.05) is 5.32 Å². The van der Waals surface area contributed by atoms with Gasteiger partial charge in [0.1, 0.15) is 12.4 Å². The van der Waals surface area contributed by atoms with Crippen molar-refractivity contribution in [3.05, 3.63) is 87.7 Å². The molecule has 0 radical (unpaired) electrons. The maximum atomic E-state index is 12.8. The second-order valence-corrected chi connectivity index (χ2v) is 8.16. The minimum atomic E-state index is -0.168. The minimum Gasteiger partial charge on any atom is -0.487 e. The van der Waals surface area contributed by atoms with Crippen molar-refractivity contribution in [2.45, 2.75) is 13.5 Å². The van der Waals surface area contributed by atoms with Crippen molar-refractivity contribution < 1.29 is 9.53 Å². The Morgan fingerprint density at radius 1 is 1.07 bits per heavy atom. The van der Waals surface area contributed by atoms with Gasteiger partial charge in [-0.2, -0.15) is 0 Å². The van der Waals surface area contributed by atoms with Crippen LogP contribution in [-0.4, -0.2) is 10.9 Å². The fraction of sp³-hybridized carbons (Fsp3) is 0.0909. The molecule has 4 rings (SSSR count). The first kappa shape index (κ1) is 18.4. The Hall–Kier alpha value is -2.96. The third-order valence-corrected chi connectivity index (χ3v) is 5.84. The van der Waals surface area contributed by atoms with Crippen molar-refractivity contribution >= 4 is 34.3 Å². The summed E-state index contributed by atoms with van der Waals surface area (Å²) in [5.74, 6) is 0.476. The molecule has 0 aliphatic rings. The number of amides is 1. The number of carbonyl (C=O) groups is 1. The Kier molecular flexibility index (Phi) is 5.50. The zero-order chi connectivity index (χ0) is 19.3. The molecular formula is C22H18N2O2S2. The van der Waals surface area contributed by atoms with Gasteiger partial charge in [-0.15, -0.1) is 22.7 Å². The van der Waals surface area contributed by atoms with E-state index in [0.717, 1.165) is 26.8 Å². The van der Waals surface area contributed by atoms with Gasteiger partial charge >= 0.3 is 0 Å². The number of nitrogens with zero attached hydrogens (tertiary/aromatic N) is 1. The van der Waals surface area contributed by atoms with Gasteiger partial charge in [-0.25, -0.2) is 4.98 Å². The lowest BCUT2D eigenvalue weighted by molar-refractivity contribution is 0.102. The maximum Gasteiger partial charge on any atom is 0.255 e. The predicted molar refractivity (Wildman–Crippen MR) is 115 cm³/mol. The van der Waals surface area contributed by atoms with Crippen LogP contribution in [0.25, 0.3) is 10.4 Å². The van der Waals surface area contributed by atoms with Crippen LogP contribution in [0.3, 0.4) is 0 Å². The van der Waals surface area contributed by atoms with Gasteiger partial charge in [0.2, 0.25) is 0 Å². The highest BCUT2D eigenvalue weighted by Crippen LogP contribution is 2.31. The summed E-state index contributed by atoms with van der Waals surface area (Å²) < 4.78 is 5.79. The van der Waals surface area contributed by atoms with E-state index < -0.39 is 0 Å². The summed E-state index contributed by atoms with van der Waals surface area (Å²) in [6, 6.07) is 19.1. The molecular weight excluding hydrogens is 388 g/mol. The average Bonchev–Trinajstić information content (AvgIpc) is 3.39. The molecule has 0 aliphatic heterocycles. The lowest BCUT2D eigenvalue weighted by Crippen LogP contribution is -2.12. The molecule has 0 saturated heterocycles. The van der Waals surface area contributed by atoms with E-state index in [2.05, 4.69) is 10.3 Å². The molecule has 0 bridgehead atoms. The molecule has 2 heterocycles. The molecule has 1 amide bonds. The lowest BCUT2D eigenvalue weighted by atomic mass is 10.1. The molecule has 4 nitrogen and oxygen atoms in total. The molecule has 0 fully saturated rings. The first-order chi connectivity index (χ1) is 13.7. The van der Waals surface area contributed by atoms with Gasteiger partial charge in [-0.3, -0.25) is 4.79 Å². The normalized spacial score (nSPS) is 10.6. The number of thiophene rings is 1. The highest BCUT2D eigenvalue weighted by molar-refractivity contribution is 7.13. The topological polar surface area (TPSA) is 51.2 Å². The first-order valence-electron chi connectivity index (χ1n) is 8.77. The summed E-state index contributed by atoms with van der Waals surface area (Å²) in [5, 5.41) is 8.04. The van der Waals surface area contributed by atoms with E-state index in [1.54, 1.807) is 34.8 Å². The molecule has 28 heavy (non-hydrogen) atoms. The van der Waals surface area contributed by atoms with Gasteiger partial charge in [0.25, 0.3) is 5.91 Å². The Labute approximate surface area is 171 Å². The highest BCUT2D eigenvalue weighted by Gasteiger charge is 2.12. The third kappa shape index (κ3) is 4.30. The van der Waals surface area contributed by atoms with Gasteiger partial charge in [0, 0.05) is 27.1 Å². The molecule has 0 aliphatic carbocycles. The third-order valence-electron chi connectivity index (χ3n) is 4.11. The summed E-state index contributed by atoms with van der Waals surface area (Å²) >= 11 is 3.24. The van der Waals surface area contributed by atoms with Gasteiger partial charge < -0.3 is 10.1 Å². The Morgan fingerprint density at radius 3 is 2.75 bits per heavy atom. The number of carbonyl (C=O) groups excluding carboxylic acids is 1. The summed E-state index contributed by atoms with van der Waals surface area (Å²) in [4.78, 5) is 18.3. The number of para-hydroxylation sites is 1. The molecule has 140 valence electrons. The van der Waals surface area contributed by atoms with E-state index in [1.165, 1.54) is 0 Å². The van der Waals surface area contributed by atoms with E-state index in [4.69, 9.17) is 4.74 Å². The van der Waals surface area contributed by atoms with Crippen molar-refractivity contribution in [2.24, 2.45) is 0 Å². The Morgan fingerprint density at radius 2 is 1.96 bits per heavy atom. The van der Waals surface area contributed by atoms with Gasteiger partial charge in [0.15, 0.2) is 0 Å². The number of anilines is 1. The first-order valence-corrected chi connectivity index (χ1v) is 10.5. The second kappa shape index (κ2) is 8.37. The molecule has 6 heteroatoms. The van der Waals surface area contributed by atoms with Crippen molar-refractivity contribution in [3.8, 4) is 16.2 Å². The van der Waals surface area contributed by atoms with E-state index >= 15 is 0 Å². The van der Waals surface area contributed by atoms with Crippen LogP contribution in [0.2, 0.25) is 0 Å². The summed E-state index contributed by atoms with van der Waals surface area (Å²) in [6.45, 7) is 2.35. The largest absolute Gasteiger partial charge is 0.487 e. The van der Waals surface area contributed by atoms with E-state index in [1.807, 2.05) is 66.2 Å². The van der Waals surface area contributed by atoms with Crippen molar-refractivity contribution in [3.63, 3.8) is 0 Å². The molecule has 2 aromatic carbocycles. The number of aryl methyl sites for hydroxylation is 1. The van der Waals surface area contributed by atoms with E-state index in [-0.39, 0.29) is 5.91 Å². The number of benzene rings is 2. The number of hydrogen-bond acceptors (Lipinski definition) is 5. The van der Waals surface area contributed by atoms with Crippen LogP contribution >= 0.6 is 22.7 Å². The van der Waals surface area contributed by atoms with Crippen LogP contribution in [-0.2, 0) is 6.61 Å². The quantitative estimate of drug-likeness (QED) is 0.426. The zero-order valence-corrected chi connectivity index (χ0v) is 16.8. The van der Waals surface area contributed by atoms with Gasteiger partial charge in [0.05, 0.1) is 10.7 Å². The van der Waals surface area contributed by atoms with Crippen LogP contribution in [0.1, 0.15) is 21.1 Å². The van der Waals surface area contributed by atoms with Crippen LogP contribution in [0.5, 0.6) is 5.75 Å². The predicted octanol–water partition coefficient (Wildman–Crippen LogP) is 6.01. The molecule has 4 aromatic rings. The van der Waals surface area contributed by atoms with Crippen LogP contribution in [0, 0.1) is 6.92 Å². The zero-order valence-electron chi connectivity index (χ0n) is 15.2. The van der Waals surface area contributed by atoms with Crippen molar-refractivity contribution in [1.29, 1.82) is 0 Å². The average molecular weight is 407 g/mol. The number of aromatic nitrogens is 1. The molecule has 0 atom stereocenters. The highest BCUT2D eigenvalue weighted by atomic mass is 32.1. The van der Waals surface area contributed by atoms with Crippen LogP contribution in [0.4, 0.5) is 5.69 Å². The number of ether oxygens (including phenoxy) is 1. The fourth-order valence-electron chi connectivity index (χ4n) is 2.79. The monoisotopic (exact) mass is 406 g/mol. The number of nitrogens with one attached hydrogen (secondary N) is 1. The summed E-state index contributed by atoms with van der Waals surface area (Å²) in [5.41, 5.74) is 3.24. The van der Waals surface area contributed by atoms with E-state index in [0.29, 0.717) is 17.9 Å². The van der Waals surface area contributed by atoms with Gasteiger partial charge in [-0.05, 0) is 42.6 Å². The molecule has 0 spiro atoms. The standard InChI is InChI=1S/C22H18N2O2S2/c1-15-23-17(14-28-15)13-26-18-7-4-6-16(12-18)22(25)24-20-9-3-2-8-19(20)21-10-5-11-27-21/h2-12,14H,13H2,1H3,(H,24,25). The number of thiazole rings is 1. The molecule has 0 unspecified atom stereocenters. The fourth-order valence-corrected chi connectivity index (χ4v) is 4.16. The molecule has 2 aromatic heterocycles. The Bertz CT molecular complexity index is 1090. The number of rotatable bonds is 6.